The lowest BCUT2D eigenvalue weighted by Gasteiger charge is -2.19. The standard InChI is InChI=1S/C12H18N8O2/c1-6(2)14-16-11(21)7-8(12(3,4)5)20(19-15-7)10-9(13)17-22-18-10/h1-5H3,(H2,13,17)(H,16,21). The zero-order chi connectivity index (χ0) is 16.5. The van der Waals surface area contributed by atoms with Gasteiger partial charge in [-0.05, 0) is 24.2 Å². The Balaban J connectivity index is 2.53. The summed E-state index contributed by atoms with van der Waals surface area (Å²) in [7, 11) is 0. The molecule has 2 aromatic heterocycles. The maximum absolute atomic E-state index is 12.3. The van der Waals surface area contributed by atoms with Crippen LogP contribution in [0.3, 0.4) is 0 Å². The molecule has 0 fully saturated rings. The smallest absolute Gasteiger partial charge is 0.293 e. The average Bonchev–Trinajstić information content (AvgIpc) is 3.00. The van der Waals surface area contributed by atoms with Crippen LogP contribution in [0, 0.1) is 0 Å². The molecule has 22 heavy (non-hydrogen) atoms. The maximum atomic E-state index is 12.3. The van der Waals surface area contributed by atoms with Gasteiger partial charge in [0.15, 0.2) is 5.69 Å². The van der Waals surface area contributed by atoms with Crippen LogP contribution in [0.25, 0.3) is 5.82 Å². The van der Waals surface area contributed by atoms with Crippen molar-refractivity contribution in [3.05, 3.63) is 11.4 Å². The van der Waals surface area contributed by atoms with Crippen LogP contribution in [-0.2, 0) is 5.41 Å². The third-order valence-corrected chi connectivity index (χ3v) is 2.67. The predicted molar refractivity (Wildman–Crippen MR) is 78.6 cm³/mol. The van der Waals surface area contributed by atoms with Gasteiger partial charge in [-0.3, -0.25) is 4.79 Å². The summed E-state index contributed by atoms with van der Waals surface area (Å²) in [4.78, 5) is 12.3. The van der Waals surface area contributed by atoms with Gasteiger partial charge in [0.05, 0.1) is 5.69 Å². The Labute approximate surface area is 126 Å². The first kappa shape index (κ1) is 15.6. The van der Waals surface area contributed by atoms with Crippen LogP contribution < -0.4 is 11.2 Å². The SMILES string of the molecule is CC(C)=NNC(=O)c1nnn(-c2nonc2N)c1C(C)(C)C. The van der Waals surface area contributed by atoms with Gasteiger partial charge in [-0.2, -0.15) is 9.78 Å². The Bertz CT molecular complexity index is 718. The second kappa shape index (κ2) is 5.54. The second-order valence-corrected chi connectivity index (χ2v) is 5.92. The molecule has 0 aliphatic heterocycles. The van der Waals surface area contributed by atoms with Crippen molar-refractivity contribution in [3.63, 3.8) is 0 Å². The number of carbonyl (C=O) groups is 1. The van der Waals surface area contributed by atoms with Gasteiger partial charge in [0, 0.05) is 11.1 Å². The average molecular weight is 306 g/mol. The van der Waals surface area contributed by atoms with Crippen molar-refractivity contribution in [1.82, 2.24) is 30.7 Å². The number of amides is 1. The highest BCUT2D eigenvalue weighted by Crippen LogP contribution is 2.27. The summed E-state index contributed by atoms with van der Waals surface area (Å²) in [5, 5.41) is 19.0. The third-order valence-electron chi connectivity index (χ3n) is 2.67. The molecule has 1 amide bonds. The molecule has 0 aliphatic carbocycles. The van der Waals surface area contributed by atoms with Crippen LogP contribution in [0.5, 0.6) is 0 Å². The minimum atomic E-state index is -0.465. The molecule has 0 aliphatic rings. The Kier molecular flexibility index (Phi) is 3.93. The number of anilines is 1. The van der Waals surface area contributed by atoms with Crippen LogP contribution in [0.1, 0.15) is 50.8 Å². The highest BCUT2D eigenvalue weighted by atomic mass is 16.6. The van der Waals surface area contributed by atoms with Crippen LogP contribution in [-0.4, -0.2) is 36.9 Å². The van der Waals surface area contributed by atoms with Crippen molar-refractivity contribution in [2.45, 2.75) is 40.0 Å². The summed E-state index contributed by atoms with van der Waals surface area (Å²) in [6.07, 6.45) is 0. The fourth-order valence-corrected chi connectivity index (χ4v) is 1.81. The molecule has 0 atom stereocenters. The van der Waals surface area contributed by atoms with Crippen molar-refractivity contribution in [3.8, 4) is 5.82 Å². The first-order valence-electron chi connectivity index (χ1n) is 6.57. The van der Waals surface area contributed by atoms with Gasteiger partial charge >= 0.3 is 0 Å². The van der Waals surface area contributed by atoms with E-state index in [-0.39, 0.29) is 17.3 Å². The van der Waals surface area contributed by atoms with Crippen molar-refractivity contribution < 1.29 is 9.42 Å². The molecule has 2 aromatic rings. The Morgan fingerprint density at radius 3 is 2.50 bits per heavy atom. The number of rotatable bonds is 3. The van der Waals surface area contributed by atoms with E-state index in [1.165, 1.54) is 4.68 Å². The number of hydrazone groups is 1. The van der Waals surface area contributed by atoms with Crippen LogP contribution in [0.4, 0.5) is 5.82 Å². The molecule has 3 N–H and O–H groups in total. The monoisotopic (exact) mass is 306 g/mol. The molecule has 10 heteroatoms. The predicted octanol–water partition coefficient (Wildman–Crippen LogP) is 0.656. The van der Waals surface area contributed by atoms with E-state index in [0.717, 1.165) is 0 Å². The van der Waals surface area contributed by atoms with Gasteiger partial charge in [0.2, 0.25) is 11.6 Å². The van der Waals surface area contributed by atoms with Crippen LogP contribution in [0.15, 0.2) is 9.73 Å². The largest absolute Gasteiger partial charge is 0.378 e. The molecule has 0 bridgehead atoms. The first-order chi connectivity index (χ1) is 10.2. The molecular weight excluding hydrogens is 288 g/mol. The lowest BCUT2D eigenvalue weighted by molar-refractivity contribution is 0.0947. The van der Waals surface area contributed by atoms with E-state index in [0.29, 0.717) is 11.4 Å². The van der Waals surface area contributed by atoms with E-state index >= 15 is 0 Å². The van der Waals surface area contributed by atoms with Gasteiger partial charge in [-0.25, -0.2) is 10.1 Å². The maximum Gasteiger partial charge on any atom is 0.293 e. The summed E-state index contributed by atoms with van der Waals surface area (Å²) in [6, 6.07) is 0. The van der Waals surface area contributed by atoms with Crippen molar-refractivity contribution >= 4 is 17.4 Å². The molecule has 10 nitrogen and oxygen atoms in total. The highest BCUT2D eigenvalue weighted by molar-refractivity contribution is 5.94. The van der Waals surface area contributed by atoms with Gasteiger partial charge < -0.3 is 5.73 Å². The van der Waals surface area contributed by atoms with Gasteiger partial charge in [-0.15, -0.1) is 5.10 Å². The first-order valence-corrected chi connectivity index (χ1v) is 6.57. The van der Waals surface area contributed by atoms with E-state index < -0.39 is 11.3 Å². The molecule has 0 unspecified atom stereocenters. The zero-order valence-electron chi connectivity index (χ0n) is 13.1. The van der Waals surface area contributed by atoms with Crippen molar-refractivity contribution in [1.29, 1.82) is 0 Å². The molecule has 118 valence electrons. The molecular formula is C12H18N8O2. The molecule has 2 rings (SSSR count). The van der Waals surface area contributed by atoms with Crippen molar-refractivity contribution in [2.24, 2.45) is 5.10 Å². The number of carbonyl (C=O) groups excluding carboxylic acids is 1. The number of nitrogens with two attached hydrogens (primary N) is 1. The minimum absolute atomic E-state index is 0.0600. The lowest BCUT2D eigenvalue weighted by atomic mass is 9.90. The third kappa shape index (κ3) is 2.95. The molecule has 2 heterocycles. The van der Waals surface area contributed by atoms with Crippen molar-refractivity contribution in [2.75, 3.05) is 5.73 Å². The Morgan fingerprint density at radius 1 is 1.32 bits per heavy atom. The van der Waals surface area contributed by atoms with Crippen LogP contribution >= 0.6 is 0 Å². The second-order valence-electron chi connectivity index (χ2n) is 5.92. The summed E-state index contributed by atoms with van der Waals surface area (Å²) in [5.41, 5.74) is 9.04. The van der Waals surface area contributed by atoms with E-state index in [4.69, 9.17) is 5.73 Å². The molecule has 0 aromatic carbocycles. The summed E-state index contributed by atoms with van der Waals surface area (Å²) in [6.45, 7) is 9.28. The van der Waals surface area contributed by atoms with E-state index in [2.05, 4.69) is 35.8 Å². The fraction of sp³-hybridized carbons (Fsp3) is 0.500. The van der Waals surface area contributed by atoms with Gasteiger partial charge in [0.1, 0.15) is 0 Å². The molecule has 0 saturated carbocycles. The highest BCUT2D eigenvalue weighted by Gasteiger charge is 2.31. The van der Waals surface area contributed by atoms with Gasteiger partial charge in [0.25, 0.3) is 5.91 Å². The fourth-order valence-electron chi connectivity index (χ4n) is 1.81. The molecule has 0 radical (unpaired) electrons. The molecule has 0 saturated heterocycles. The van der Waals surface area contributed by atoms with E-state index in [1.807, 2.05) is 20.8 Å². The molecule has 0 spiro atoms. The van der Waals surface area contributed by atoms with E-state index in [1.54, 1.807) is 13.8 Å². The number of hydrogen-bond acceptors (Lipinski definition) is 8. The van der Waals surface area contributed by atoms with Gasteiger partial charge in [-0.1, -0.05) is 26.0 Å². The quantitative estimate of drug-likeness (QED) is 0.627. The number of nitrogens with zero attached hydrogens (tertiary/aromatic N) is 6. The zero-order valence-corrected chi connectivity index (χ0v) is 13.1. The number of hydrogen-bond donors (Lipinski definition) is 2. The Morgan fingerprint density at radius 2 is 2.00 bits per heavy atom. The van der Waals surface area contributed by atoms with E-state index in [9.17, 15) is 4.79 Å². The number of aromatic nitrogens is 5. The summed E-state index contributed by atoms with van der Waals surface area (Å²) < 4.78 is 5.93. The topological polar surface area (TPSA) is 137 Å². The number of nitrogen functional groups attached to an aromatic ring is 1. The Hall–Kier alpha value is -2.78. The summed E-state index contributed by atoms with van der Waals surface area (Å²) in [5.74, 6) is -0.219. The normalized spacial score (nSPS) is 11.3. The summed E-state index contributed by atoms with van der Waals surface area (Å²) >= 11 is 0. The lowest BCUT2D eigenvalue weighted by Crippen LogP contribution is -2.26. The number of nitrogens with one attached hydrogen (secondary N) is 1. The van der Waals surface area contributed by atoms with Crippen LogP contribution in [0.2, 0.25) is 0 Å². The minimum Gasteiger partial charge on any atom is -0.378 e.